The van der Waals surface area contributed by atoms with Crippen LogP contribution in [0, 0.1) is 6.92 Å². The van der Waals surface area contributed by atoms with Crippen molar-refractivity contribution >= 4 is 51.5 Å². The lowest BCUT2D eigenvalue weighted by Crippen LogP contribution is -2.25. The third-order valence-corrected chi connectivity index (χ3v) is 5.38. The van der Waals surface area contributed by atoms with Gasteiger partial charge in [-0.25, -0.2) is 0 Å². The van der Waals surface area contributed by atoms with Crippen LogP contribution in [-0.4, -0.2) is 41.1 Å². The highest BCUT2D eigenvalue weighted by Gasteiger charge is 2.17. The molecule has 1 N–H and O–H groups in total. The molecule has 120 valence electrons. The van der Waals surface area contributed by atoms with Crippen LogP contribution in [-0.2, 0) is 4.79 Å². The first-order chi connectivity index (χ1) is 10.5. The second kappa shape index (κ2) is 8.04. The minimum Gasteiger partial charge on any atom is -0.495 e. The largest absolute Gasteiger partial charge is 0.495 e. The smallest absolute Gasteiger partial charge is 0.234 e. The van der Waals surface area contributed by atoms with Gasteiger partial charge < -0.3 is 15.0 Å². The first kappa shape index (κ1) is 17.4. The van der Waals surface area contributed by atoms with Crippen molar-refractivity contribution in [2.24, 2.45) is 0 Å². The minimum atomic E-state index is -0.105. The van der Waals surface area contributed by atoms with Gasteiger partial charge in [0.2, 0.25) is 5.91 Å². The highest BCUT2D eigenvalue weighted by molar-refractivity contribution is 8.23. The molecule has 0 unspecified atom stereocenters. The van der Waals surface area contributed by atoms with Crippen molar-refractivity contribution < 1.29 is 9.53 Å². The summed E-state index contributed by atoms with van der Waals surface area (Å²) in [7, 11) is 1.55. The molecule has 1 amide bonds. The van der Waals surface area contributed by atoms with Crippen LogP contribution in [0.2, 0.25) is 5.02 Å². The van der Waals surface area contributed by atoms with Crippen LogP contribution in [0.5, 0.6) is 5.75 Å². The molecule has 1 aliphatic heterocycles. The summed E-state index contributed by atoms with van der Waals surface area (Å²) in [6, 6.07) is 3.51. The number of carbonyl (C=O) groups is 1. The molecule has 1 fully saturated rings. The number of thioether (sulfide) groups is 1. The molecule has 1 aromatic carbocycles. The van der Waals surface area contributed by atoms with E-state index >= 15 is 0 Å². The number of hydrogen-bond acceptors (Lipinski definition) is 4. The third kappa shape index (κ3) is 4.51. The second-order valence-corrected chi connectivity index (χ2v) is 7.11. The number of nitrogens with one attached hydrogen (secondary N) is 1. The molecular formula is C15H19ClN2O2S2. The van der Waals surface area contributed by atoms with E-state index in [2.05, 4.69) is 10.2 Å². The lowest BCUT2D eigenvalue weighted by Gasteiger charge is -2.17. The number of likely N-dealkylation sites (tertiary alicyclic amines) is 1. The van der Waals surface area contributed by atoms with Crippen molar-refractivity contribution in [2.45, 2.75) is 19.8 Å². The van der Waals surface area contributed by atoms with E-state index in [1.807, 2.05) is 13.0 Å². The van der Waals surface area contributed by atoms with Crippen molar-refractivity contribution in [3.8, 4) is 5.75 Å². The number of aryl methyl sites for hydroxylation is 1. The Balaban J connectivity index is 1.91. The molecule has 4 nitrogen and oxygen atoms in total. The van der Waals surface area contributed by atoms with Crippen molar-refractivity contribution in [2.75, 3.05) is 31.3 Å². The van der Waals surface area contributed by atoms with Gasteiger partial charge >= 0.3 is 0 Å². The number of ether oxygens (including phenoxy) is 1. The van der Waals surface area contributed by atoms with Crippen LogP contribution in [0.4, 0.5) is 5.69 Å². The van der Waals surface area contributed by atoms with Crippen molar-refractivity contribution in [1.29, 1.82) is 0 Å². The van der Waals surface area contributed by atoms with E-state index in [1.54, 1.807) is 13.2 Å². The molecule has 0 spiro atoms. The summed E-state index contributed by atoms with van der Waals surface area (Å²) >= 11 is 12.8. The van der Waals surface area contributed by atoms with Gasteiger partial charge in [-0.15, -0.1) is 0 Å². The fourth-order valence-corrected chi connectivity index (χ4v) is 3.44. The number of nitrogens with zero attached hydrogens (tertiary/aromatic N) is 1. The maximum absolute atomic E-state index is 12.1. The monoisotopic (exact) mass is 358 g/mol. The molecule has 2 rings (SSSR count). The van der Waals surface area contributed by atoms with Crippen LogP contribution < -0.4 is 10.1 Å². The number of methoxy groups -OCH3 is 1. The van der Waals surface area contributed by atoms with Crippen molar-refractivity contribution in [3.63, 3.8) is 0 Å². The topological polar surface area (TPSA) is 41.6 Å². The van der Waals surface area contributed by atoms with Crippen LogP contribution >= 0.6 is 35.6 Å². The Labute approximate surface area is 145 Å². The maximum atomic E-state index is 12.1. The normalized spacial score (nSPS) is 14.0. The third-order valence-electron chi connectivity index (χ3n) is 3.45. The SMILES string of the molecule is COc1cc(Cl)c(C)cc1NC(=O)CSC(=S)N1CCCC1. The highest BCUT2D eigenvalue weighted by atomic mass is 35.5. The van der Waals surface area contributed by atoms with Crippen LogP contribution in [0.3, 0.4) is 0 Å². The van der Waals surface area contributed by atoms with E-state index in [9.17, 15) is 4.79 Å². The number of benzene rings is 1. The van der Waals surface area contributed by atoms with Gasteiger partial charge in [0.15, 0.2) is 0 Å². The zero-order chi connectivity index (χ0) is 16.1. The Morgan fingerprint density at radius 1 is 1.45 bits per heavy atom. The molecule has 1 aliphatic rings. The fraction of sp³-hybridized carbons (Fsp3) is 0.467. The van der Waals surface area contributed by atoms with Gasteiger partial charge in [-0.1, -0.05) is 35.6 Å². The first-order valence-electron chi connectivity index (χ1n) is 7.07. The molecule has 22 heavy (non-hydrogen) atoms. The molecular weight excluding hydrogens is 340 g/mol. The minimum absolute atomic E-state index is 0.105. The average molecular weight is 359 g/mol. The molecule has 0 bridgehead atoms. The van der Waals surface area contributed by atoms with Gasteiger partial charge in [-0.3, -0.25) is 4.79 Å². The number of amides is 1. The van der Waals surface area contributed by atoms with Gasteiger partial charge in [0.05, 0.1) is 18.6 Å². The molecule has 0 atom stereocenters. The molecule has 0 aliphatic carbocycles. The molecule has 7 heteroatoms. The van der Waals surface area contributed by atoms with E-state index in [0.717, 1.165) is 23.0 Å². The standard InChI is InChI=1S/C15H19ClN2O2S2/c1-10-7-12(13(20-2)8-11(10)16)17-14(19)9-22-15(21)18-5-3-4-6-18/h7-8H,3-6,9H2,1-2H3,(H,17,19). The zero-order valence-electron chi connectivity index (χ0n) is 12.6. The molecule has 1 saturated heterocycles. The predicted molar refractivity (Wildman–Crippen MR) is 97.2 cm³/mol. The summed E-state index contributed by atoms with van der Waals surface area (Å²) in [5.41, 5.74) is 1.51. The number of rotatable bonds is 4. The summed E-state index contributed by atoms with van der Waals surface area (Å²) in [5, 5.41) is 3.46. The number of thiocarbonyl (C=S) groups is 1. The quantitative estimate of drug-likeness (QED) is 0.831. The number of carbonyl (C=O) groups excluding carboxylic acids is 1. The molecule has 0 radical (unpaired) electrons. The van der Waals surface area contributed by atoms with Gasteiger partial charge in [0.1, 0.15) is 10.1 Å². The van der Waals surface area contributed by atoms with Gasteiger partial charge in [-0.05, 0) is 31.4 Å². The van der Waals surface area contributed by atoms with Crippen molar-refractivity contribution in [3.05, 3.63) is 22.7 Å². The summed E-state index contributed by atoms with van der Waals surface area (Å²) in [4.78, 5) is 14.3. The molecule has 0 aromatic heterocycles. The van der Waals surface area contributed by atoms with E-state index in [4.69, 9.17) is 28.6 Å². The lowest BCUT2D eigenvalue weighted by molar-refractivity contribution is -0.113. The number of hydrogen-bond donors (Lipinski definition) is 1. The predicted octanol–water partition coefficient (Wildman–Crippen LogP) is 3.71. The average Bonchev–Trinajstić information content (AvgIpc) is 3.02. The fourth-order valence-electron chi connectivity index (χ4n) is 2.23. The van der Waals surface area contributed by atoms with Gasteiger partial charge in [0.25, 0.3) is 0 Å². The molecule has 1 heterocycles. The first-order valence-corrected chi connectivity index (χ1v) is 8.84. The Kier molecular flexibility index (Phi) is 6.35. The Bertz CT molecular complexity index is 575. The van der Waals surface area contributed by atoms with Gasteiger partial charge in [0, 0.05) is 24.2 Å². The van der Waals surface area contributed by atoms with Crippen LogP contribution in [0.25, 0.3) is 0 Å². The van der Waals surface area contributed by atoms with E-state index < -0.39 is 0 Å². The van der Waals surface area contributed by atoms with Crippen LogP contribution in [0.1, 0.15) is 18.4 Å². The summed E-state index contributed by atoms with van der Waals surface area (Å²) < 4.78 is 6.05. The highest BCUT2D eigenvalue weighted by Crippen LogP contribution is 2.31. The van der Waals surface area contributed by atoms with E-state index in [1.165, 1.54) is 24.6 Å². The Hall–Kier alpha value is -0.980. The lowest BCUT2D eigenvalue weighted by atomic mass is 10.2. The Morgan fingerprint density at radius 3 is 2.77 bits per heavy atom. The molecule has 1 aromatic rings. The van der Waals surface area contributed by atoms with Gasteiger partial charge in [-0.2, -0.15) is 0 Å². The van der Waals surface area contributed by atoms with Crippen molar-refractivity contribution in [1.82, 2.24) is 4.90 Å². The number of halogens is 1. The second-order valence-electron chi connectivity index (χ2n) is 5.10. The summed E-state index contributed by atoms with van der Waals surface area (Å²) in [6.45, 7) is 3.88. The Morgan fingerprint density at radius 2 is 2.14 bits per heavy atom. The van der Waals surface area contributed by atoms with E-state index in [-0.39, 0.29) is 5.91 Å². The maximum Gasteiger partial charge on any atom is 0.234 e. The zero-order valence-corrected chi connectivity index (χ0v) is 15.0. The van der Waals surface area contributed by atoms with Crippen LogP contribution in [0.15, 0.2) is 12.1 Å². The molecule has 0 saturated carbocycles. The number of anilines is 1. The summed E-state index contributed by atoms with van der Waals surface area (Å²) in [5.74, 6) is 0.739. The summed E-state index contributed by atoms with van der Waals surface area (Å²) in [6.07, 6.45) is 2.35. The van der Waals surface area contributed by atoms with E-state index in [0.29, 0.717) is 22.2 Å².